The van der Waals surface area contributed by atoms with Crippen LogP contribution in [0.15, 0.2) is 35.3 Å². The van der Waals surface area contributed by atoms with Gasteiger partial charge in [0.1, 0.15) is 5.82 Å². The van der Waals surface area contributed by atoms with E-state index < -0.39 is 0 Å². The predicted octanol–water partition coefficient (Wildman–Crippen LogP) is 3.32. The van der Waals surface area contributed by atoms with Crippen LogP contribution in [-0.4, -0.2) is 28.4 Å². The van der Waals surface area contributed by atoms with Crippen LogP contribution in [-0.2, 0) is 6.42 Å². The molecule has 1 fully saturated rings. The zero-order valence-corrected chi connectivity index (χ0v) is 14.1. The van der Waals surface area contributed by atoms with Gasteiger partial charge in [0.05, 0.1) is 5.56 Å². The molecule has 2 aromatic rings. The highest BCUT2D eigenvalue weighted by atomic mass is 35.5. The molecule has 1 saturated heterocycles. The van der Waals surface area contributed by atoms with Gasteiger partial charge in [-0.2, -0.15) is 0 Å². The third kappa shape index (κ3) is 3.22. The van der Waals surface area contributed by atoms with Gasteiger partial charge in [-0.05, 0) is 43.9 Å². The average Bonchev–Trinajstić information content (AvgIpc) is 2.99. The van der Waals surface area contributed by atoms with E-state index in [1.807, 2.05) is 0 Å². The molecule has 0 aliphatic carbocycles. The minimum absolute atomic E-state index is 0.0989. The van der Waals surface area contributed by atoms with Crippen LogP contribution in [0.4, 0.5) is 4.39 Å². The van der Waals surface area contributed by atoms with E-state index in [2.05, 4.69) is 4.98 Å². The number of nitrogens with zero attached hydrogens (tertiary/aromatic N) is 1. The fourth-order valence-corrected chi connectivity index (χ4v) is 3.48. The van der Waals surface area contributed by atoms with E-state index in [1.165, 1.54) is 18.3 Å². The lowest BCUT2D eigenvalue weighted by Gasteiger charge is -2.26. The Morgan fingerprint density at radius 3 is 2.96 bits per heavy atom. The molecule has 0 saturated carbocycles. The lowest BCUT2D eigenvalue weighted by atomic mass is 10.0. The molecule has 126 valence electrons. The van der Waals surface area contributed by atoms with Crippen molar-refractivity contribution >= 4 is 17.5 Å². The summed E-state index contributed by atoms with van der Waals surface area (Å²) in [5.74, 6) is -0.485. The summed E-state index contributed by atoms with van der Waals surface area (Å²) < 4.78 is 14.0. The number of nitrogens with one attached hydrogen (secondary N) is 1. The number of aryl methyl sites for hydroxylation is 1. The molecule has 1 atom stereocenters. The third-order valence-electron chi connectivity index (χ3n) is 4.50. The molecule has 24 heavy (non-hydrogen) atoms. The summed E-state index contributed by atoms with van der Waals surface area (Å²) in [6.07, 6.45) is 3.51. The van der Waals surface area contributed by atoms with E-state index in [-0.39, 0.29) is 23.3 Å². The number of carbonyl (C=O) groups excluding carboxylic acids is 1. The Hall–Kier alpha value is -2.14. The second kappa shape index (κ2) is 6.77. The van der Waals surface area contributed by atoms with Gasteiger partial charge in [0.15, 0.2) is 0 Å². The van der Waals surface area contributed by atoms with Gasteiger partial charge >= 0.3 is 0 Å². The summed E-state index contributed by atoms with van der Waals surface area (Å²) in [6.45, 7) is 2.36. The first-order valence-corrected chi connectivity index (χ1v) is 8.28. The van der Waals surface area contributed by atoms with Gasteiger partial charge in [-0.25, -0.2) is 4.39 Å². The number of aromatic amines is 1. The Morgan fingerprint density at radius 1 is 1.46 bits per heavy atom. The Morgan fingerprint density at radius 2 is 2.25 bits per heavy atom. The Labute approximate surface area is 144 Å². The lowest BCUT2D eigenvalue weighted by molar-refractivity contribution is 0.0734. The SMILES string of the molecule is Cc1cc(=O)[nH]cc1C(=O)N1CCCC1Cc1c(F)cccc1Cl. The van der Waals surface area contributed by atoms with Crippen LogP contribution in [0.25, 0.3) is 0 Å². The molecule has 6 heteroatoms. The third-order valence-corrected chi connectivity index (χ3v) is 4.86. The van der Waals surface area contributed by atoms with Crippen molar-refractivity contribution < 1.29 is 9.18 Å². The van der Waals surface area contributed by atoms with Crippen molar-refractivity contribution in [3.05, 3.63) is 68.3 Å². The molecule has 0 spiro atoms. The first kappa shape index (κ1) is 16.7. The number of H-pyrrole nitrogens is 1. The molecule has 2 heterocycles. The fourth-order valence-electron chi connectivity index (χ4n) is 3.24. The minimum atomic E-state index is -0.345. The van der Waals surface area contributed by atoms with Crippen LogP contribution in [0.2, 0.25) is 5.02 Å². The molecule has 0 bridgehead atoms. The van der Waals surface area contributed by atoms with Gasteiger partial charge in [-0.1, -0.05) is 17.7 Å². The van der Waals surface area contributed by atoms with Gasteiger partial charge in [0, 0.05) is 35.4 Å². The van der Waals surface area contributed by atoms with Crippen molar-refractivity contribution in [3.8, 4) is 0 Å². The number of amides is 1. The summed E-state index contributed by atoms with van der Waals surface area (Å²) in [4.78, 5) is 28.5. The molecule has 1 N–H and O–H groups in total. The largest absolute Gasteiger partial charge is 0.335 e. The van der Waals surface area contributed by atoms with Crippen molar-refractivity contribution in [3.63, 3.8) is 0 Å². The molecule has 1 amide bonds. The summed E-state index contributed by atoms with van der Waals surface area (Å²) >= 11 is 6.11. The van der Waals surface area contributed by atoms with Gasteiger partial charge in [0.25, 0.3) is 5.91 Å². The normalized spacial score (nSPS) is 17.3. The van der Waals surface area contributed by atoms with Crippen molar-refractivity contribution in [1.82, 2.24) is 9.88 Å². The number of pyridine rings is 1. The summed E-state index contributed by atoms with van der Waals surface area (Å²) in [7, 11) is 0. The first-order chi connectivity index (χ1) is 11.5. The second-order valence-corrected chi connectivity index (χ2v) is 6.50. The first-order valence-electron chi connectivity index (χ1n) is 7.90. The number of benzene rings is 1. The molecular weight excluding hydrogens is 331 g/mol. The van der Waals surface area contributed by atoms with E-state index in [0.717, 1.165) is 12.8 Å². The number of aromatic nitrogens is 1. The van der Waals surface area contributed by atoms with Crippen molar-refractivity contribution in [2.75, 3.05) is 6.54 Å². The highest BCUT2D eigenvalue weighted by molar-refractivity contribution is 6.31. The van der Waals surface area contributed by atoms with Gasteiger partial charge < -0.3 is 9.88 Å². The maximum absolute atomic E-state index is 14.0. The number of hydrogen-bond donors (Lipinski definition) is 1. The molecular formula is C18H18ClFN2O2. The van der Waals surface area contributed by atoms with E-state index in [4.69, 9.17) is 11.6 Å². The smallest absolute Gasteiger partial charge is 0.255 e. The molecule has 1 aromatic carbocycles. The maximum atomic E-state index is 14.0. The number of likely N-dealkylation sites (tertiary alicyclic amines) is 1. The van der Waals surface area contributed by atoms with Gasteiger partial charge in [-0.15, -0.1) is 0 Å². The minimum Gasteiger partial charge on any atom is -0.335 e. The highest BCUT2D eigenvalue weighted by Gasteiger charge is 2.31. The molecule has 1 aromatic heterocycles. The summed E-state index contributed by atoms with van der Waals surface area (Å²) in [6, 6.07) is 5.92. The van der Waals surface area contributed by atoms with E-state index >= 15 is 0 Å². The summed E-state index contributed by atoms with van der Waals surface area (Å²) in [5.41, 5.74) is 1.32. The Balaban J connectivity index is 1.85. The fraction of sp³-hybridized carbons (Fsp3) is 0.333. The second-order valence-electron chi connectivity index (χ2n) is 6.09. The topological polar surface area (TPSA) is 53.2 Å². The van der Waals surface area contributed by atoms with Crippen LogP contribution in [0.1, 0.15) is 34.3 Å². The van der Waals surface area contributed by atoms with Crippen molar-refractivity contribution in [1.29, 1.82) is 0 Å². The van der Waals surface area contributed by atoms with Crippen LogP contribution in [0.3, 0.4) is 0 Å². The monoisotopic (exact) mass is 348 g/mol. The summed E-state index contributed by atoms with van der Waals surface area (Å²) in [5, 5.41) is 0.384. The standard InChI is InChI=1S/C18H18ClFN2O2/c1-11-8-17(23)21-10-14(11)18(24)22-7-3-4-12(22)9-13-15(19)5-2-6-16(13)20/h2,5-6,8,10,12H,3-4,7,9H2,1H3,(H,21,23). The maximum Gasteiger partial charge on any atom is 0.255 e. The zero-order chi connectivity index (χ0) is 17.3. The molecule has 3 rings (SSSR count). The van der Waals surface area contributed by atoms with E-state index in [0.29, 0.717) is 34.7 Å². The molecule has 4 nitrogen and oxygen atoms in total. The van der Waals surface area contributed by atoms with Crippen molar-refractivity contribution in [2.24, 2.45) is 0 Å². The molecule has 1 aliphatic heterocycles. The molecule has 1 unspecified atom stereocenters. The average molecular weight is 349 g/mol. The van der Waals surface area contributed by atoms with E-state index in [1.54, 1.807) is 24.0 Å². The number of rotatable bonds is 3. The van der Waals surface area contributed by atoms with E-state index in [9.17, 15) is 14.0 Å². The Kier molecular flexibility index (Phi) is 4.71. The lowest BCUT2D eigenvalue weighted by Crippen LogP contribution is -2.37. The molecule has 0 radical (unpaired) electrons. The van der Waals surface area contributed by atoms with Crippen LogP contribution < -0.4 is 5.56 Å². The van der Waals surface area contributed by atoms with Crippen molar-refractivity contribution in [2.45, 2.75) is 32.2 Å². The Bertz CT molecular complexity index is 814. The van der Waals surface area contributed by atoms with Crippen LogP contribution >= 0.6 is 11.6 Å². The number of halogens is 2. The van der Waals surface area contributed by atoms with Crippen LogP contribution in [0, 0.1) is 12.7 Å². The number of carbonyl (C=O) groups is 1. The molecule has 1 aliphatic rings. The van der Waals surface area contributed by atoms with Gasteiger partial charge in [0.2, 0.25) is 5.56 Å². The highest BCUT2D eigenvalue weighted by Crippen LogP contribution is 2.28. The quantitative estimate of drug-likeness (QED) is 0.925. The zero-order valence-electron chi connectivity index (χ0n) is 13.3. The predicted molar refractivity (Wildman–Crippen MR) is 91.0 cm³/mol. The van der Waals surface area contributed by atoms with Gasteiger partial charge in [-0.3, -0.25) is 9.59 Å². The number of hydrogen-bond acceptors (Lipinski definition) is 2. The van der Waals surface area contributed by atoms with Crippen LogP contribution in [0.5, 0.6) is 0 Å².